The van der Waals surface area contributed by atoms with Gasteiger partial charge < -0.3 is 15.5 Å². The summed E-state index contributed by atoms with van der Waals surface area (Å²) in [6.45, 7) is 4.55. The molecule has 0 radical (unpaired) electrons. The first-order valence-corrected chi connectivity index (χ1v) is 13.1. The standard InChI is InChI=1S/C27H33ClF3N3O2/c1-25-12-10-18-16(5-9-22-26(18,2)13-11-23(35)34(22)3)17(25)6-8-21(25)33-24(36)32-20-14-15(27(29,30)31)4-7-19(20)28/h4,7,11,13-14,16-18,21-22H,5-6,8-10,12H2,1-3H3,(H2,32,33,36)/t16?,17?,18?,21-,22+,25+,26-/m1/s1. The van der Waals surface area contributed by atoms with Crippen LogP contribution in [0.4, 0.5) is 23.7 Å². The summed E-state index contributed by atoms with van der Waals surface area (Å²) in [4.78, 5) is 27.1. The molecule has 2 N–H and O–H groups in total. The van der Waals surface area contributed by atoms with Crippen LogP contribution in [-0.2, 0) is 11.0 Å². The first-order valence-electron chi connectivity index (χ1n) is 12.7. The van der Waals surface area contributed by atoms with Crippen LogP contribution in [0.1, 0.15) is 57.9 Å². The predicted octanol–water partition coefficient (Wildman–Crippen LogP) is 6.49. The average Bonchev–Trinajstić information content (AvgIpc) is 3.13. The van der Waals surface area contributed by atoms with E-state index in [1.54, 1.807) is 6.08 Å². The van der Waals surface area contributed by atoms with Crippen molar-refractivity contribution >= 4 is 29.2 Å². The highest BCUT2D eigenvalue weighted by atomic mass is 35.5. The van der Waals surface area contributed by atoms with E-state index >= 15 is 0 Å². The number of anilines is 1. The Bertz CT molecular complexity index is 1110. The Kier molecular flexibility index (Phi) is 6.13. The topological polar surface area (TPSA) is 61.4 Å². The molecule has 36 heavy (non-hydrogen) atoms. The number of amides is 3. The molecule has 1 aliphatic heterocycles. The molecule has 3 amide bonds. The quantitative estimate of drug-likeness (QED) is 0.465. The largest absolute Gasteiger partial charge is 0.416 e. The average molecular weight is 524 g/mol. The lowest BCUT2D eigenvalue weighted by Gasteiger charge is -2.60. The number of nitrogens with zero attached hydrogens (tertiary/aromatic N) is 1. The van der Waals surface area contributed by atoms with E-state index in [1.807, 2.05) is 11.9 Å². The third-order valence-electron chi connectivity index (χ3n) is 9.97. The van der Waals surface area contributed by atoms with Crippen molar-refractivity contribution in [3.8, 4) is 0 Å². The molecular weight excluding hydrogens is 491 g/mol. The molecule has 7 atom stereocenters. The highest BCUT2D eigenvalue weighted by Crippen LogP contribution is 2.63. The predicted molar refractivity (Wildman–Crippen MR) is 132 cm³/mol. The lowest BCUT2D eigenvalue weighted by molar-refractivity contribution is -0.138. The molecule has 3 fully saturated rings. The third kappa shape index (κ3) is 4.00. The van der Waals surface area contributed by atoms with Crippen molar-refractivity contribution in [2.45, 2.75) is 70.6 Å². The molecule has 1 aromatic rings. The minimum Gasteiger partial charge on any atom is -0.338 e. The van der Waals surface area contributed by atoms with Crippen LogP contribution in [0, 0.1) is 28.6 Å². The Labute approximate surface area is 214 Å². The highest BCUT2D eigenvalue weighted by Gasteiger charge is 2.60. The number of rotatable bonds is 2. The number of benzene rings is 1. The monoisotopic (exact) mass is 523 g/mol. The van der Waals surface area contributed by atoms with Gasteiger partial charge in [0.15, 0.2) is 0 Å². The number of nitrogens with one attached hydrogen (secondary N) is 2. The second-order valence-electron chi connectivity index (χ2n) is 11.6. The van der Waals surface area contributed by atoms with E-state index in [-0.39, 0.29) is 39.5 Å². The minimum absolute atomic E-state index is 0.0456. The van der Waals surface area contributed by atoms with E-state index in [4.69, 9.17) is 11.6 Å². The number of hydrogen-bond acceptors (Lipinski definition) is 2. The van der Waals surface area contributed by atoms with Crippen molar-refractivity contribution in [2.75, 3.05) is 12.4 Å². The van der Waals surface area contributed by atoms with Crippen LogP contribution in [0.5, 0.6) is 0 Å². The van der Waals surface area contributed by atoms with Gasteiger partial charge in [-0.1, -0.05) is 31.5 Å². The van der Waals surface area contributed by atoms with Gasteiger partial charge in [0.25, 0.3) is 0 Å². The van der Waals surface area contributed by atoms with Crippen molar-refractivity contribution in [1.82, 2.24) is 10.2 Å². The van der Waals surface area contributed by atoms with E-state index in [2.05, 4.69) is 30.6 Å². The zero-order valence-corrected chi connectivity index (χ0v) is 21.5. The first-order chi connectivity index (χ1) is 16.8. The highest BCUT2D eigenvalue weighted by molar-refractivity contribution is 6.33. The smallest absolute Gasteiger partial charge is 0.338 e. The Morgan fingerprint density at radius 3 is 2.58 bits per heavy atom. The summed E-state index contributed by atoms with van der Waals surface area (Å²) in [7, 11) is 1.91. The molecule has 0 aromatic heterocycles. The van der Waals surface area contributed by atoms with Gasteiger partial charge in [-0.3, -0.25) is 4.79 Å². The molecule has 1 aromatic carbocycles. The fourth-order valence-electron chi connectivity index (χ4n) is 8.09. The molecule has 3 unspecified atom stereocenters. The number of fused-ring (bicyclic) bond motifs is 5. The number of likely N-dealkylation sites (N-methyl/N-ethyl adjacent to an activating group) is 1. The SMILES string of the molecule is CN1C(=O)C=C[C@]2(C)C3CC[C@@]4(C)C(CC[C@H]4NC(=O)Nc4cc(C(F)(F)F)ccc4Cl)C3CC[C@H]12. The number of carbonyl (C=O) groups is 2. The Morgan fingerprint density at radius 2 is 1.86 bits per heavy atom. The van der Waals surface area contributed by atoms with Crippen LogP contribution in [0.15, 0.2) is 30.4 Å². The summed E-state index contributed by atoms with van der Waals surface area (Å²) in [6.07, 6.45) is 5.23. The maximum absolute atomic E-state index is 13.1. The number of carbonyl (C=O) groups excluding carboxylic acids is 2. The van der Waals surface area contributed by atoms with Crippen LogP contribution < -0.4 is 10.6 Å². The molecular formula is C27H33ClF3N3O2. The second-order valence-corrected chi connectivity index (χ2v) is 12.0. The Hall–Kier alpha value is -2.22. The van der Waals surface area contributed by atoms with Crippen LogP contribution in [0.2, 0.25) is 5.02 Å². The molecule has 3 aliphatic carbocycles. The third-order valence-corrected chi connectivity index (χ3v) is 10.3. The van der Waals surface area contributed by atoms with Gasteiger partial charge in [-0.05, 0) is 86.0 Å². The molecule has 4 aliphatic rings. The second kappa shape index (κ2) is 8.67. The van der Waals surface area contributed by atoms with Gasteiger partial charge in [-0.25, -0.2) is 4.79 Å². The number of urea groups is 1. The van der Waals surface area contributed by atoms with E-state index < -0.39 is 17.8 Å². The zero-order chi connectivity index (χ0) is 26.0. The van der Waals surface area contributed by atoms with Gasteiger partial charge in [0, 0.05) is 24.5 Å². The molecule has 3 saturated carbocycles. The summed E-state index contributed by atoms with van der Waals surface area (Å²) >= 11 is 6.07. The van der Waals surface area contributed by atoms with Crippen LogP contribution in [0.25, 0.3) is 0 Å². The molecule has 5 nitrogen and oxygen atoms in total. The maximum atomic E-state index is 13.1. The Morgan fingerprint density at radius 1 is 1.11 bits per heavy atom. The fraction of sp³-hybridized carbons (Fsp3) is 0.630. The van der Waals surface area contributed by atoms with Crippen molar-refractivity contribution in [1.29, 1.82) is 0 Å². The van der Waals surface area contributed by atoms with Crippen LogP contribution in [-0.4, -0.2) is 36.0 Å². The van der Waals surface area contributed by atoms with Gasteiger partial charge in [-0.15, -0.1) is 0 Å². The van der Waals surface area contributed by atoms with Gasteiger partial charge >= 0.3 is 12.2 Å². The van der Waals surface area contributed by atoms with E-state index in [1.165, 1.54) is 0 Å². The molecule has 0 saturated heterocycles. The molecule has 5 rings (SSSR count). The minimum atomic E-state index is -4.52. The number of halogens is 4. The fourth-order valence-corrected chi connectivity index (χ4v) is 8.25. The van der Waals surface area contributed by atoms with Crippen molar-refractivity contribution in [2.24, 2.45) is 28.6 Å². The van der Waals surface area contributed by atoms with Gasteiger partial charge in [0.1, 0.15) is 0 Å². The van der Waals surface area contributed by atoms with E-state index in [0.717, 1.165) is 56.7 Å². The lowest BCUT2D eigenvalue weighted by Crippen LogP contribution is -2.60. The first kappa shape index (κ1) is 25.4. The summed E-state index contributed by atoms with van der Waals surface area (Å²) in [5.41, 5.74) is -1.04. The van der Waals surface area contributed by atoms with Crippen LogP contribution >= 0.6 is 11.6 Å². The molecule has 0 spiro atoms. The summed E-state index contributed by atoms with van der Waals surface area (Å²) in [5, 5.41) is 5.67. The lowest BCUT2D eigenvalue weighted by atomic mass is 9.48. The molecule has 1 heterocycles. The van der Waals surface area contributed by atoms with Gasteiger partial charge in [0.05, 0.1) is 16.3 Å². The van der Waals surface area contributed by atoms with E-state index in [0.29, 0.717) is 17.8 Å². The van der Waals surface area contributed by atoms with Gasteiger partial charge in [0.2, 0.25) is 5.91 Å². The molecule has 196 valence electrons. The number of alkyl halides is 3. The normalized spacial score (nSPS) is 37.7. The van der Waals surface area contributed by atoms with Crippen molar-refractivity contribution < 1.29 is 22.8 Å². The van der Waals surface area contributed by atoms with Crippen molar-refractivity contribution in [3.63, 3.8) is 0 Å². The summed E-state index contributed by atoms with van der Waals surface area (Å²) in [6, 6.07) is 2.54. The van der Waals surface area contributed by atoms with E-state index in [9.17, 15) is 22.8 Å². The van der Waals surface area contributed by atoms with Gasteiger partial charge in [-0.2, -0.15) is 13.2 Å². The number of hydrogen-bond donors (Lipinski definition) is 2. The maximum Gasteiger partial charge on any atom is 0.416 e. The van der Waals surface area contributed by atoms with Crippen molar-refractivity contribution in [3.05, 3.63) is 40.9 Å². The van der Waals surface area contributed by atoms with Crippen LogP contribution in [0.3, 0.4) is 0 Å². The Balaban J connectivity index is 1.30. The summed E-state index contributed by atoms with van der Waals surface area (Å²) in [5.74, 6) is 1.53. The summed E-state index contributed by atoms with van der Waals surface area (Å²) < 4.78 is 39.3. The zero-order valence-electron chi connectivity index (χ0n) is 20.8. The molecule has 0 bridgehead atoms. The molecule has 9 heteroatoms.